The van der Waals surface area contributed by atoms with Crippen LogP contribution < -0.4 is 11.5 Å². The molecule has 0 bridgehead atoms. The summed E-state index contributed by atoms with van der Waals surface area (Å²) in [6.07, 6.45) is 0. The van der Waals surface area contributed by atoms with Crippen LogP contribution in [0.1, 0.15) is 5.56 Å². The molecule has 0 saturated carbocycles. The van der Waals surface area contributed by atoms with Crippen molar-refractivity contribution in [1.29, 1.82) is 0 Å². The van der Waals surface area contributed by atoms with Crippen LogP contribution in [0.15, 0.2) is 33.9 Å². The van der Waals surface area contributed by atoms with Gasteiger partial charge < -0.3 is 11.5 Å². The van der Waals surface area contributed by atoms with Crippen molar-refractivity contribution < 1.29 is 0 Å². The zero-order valence-electron chi connectivity index (χ0n) is 9.23. The Morgan fingerprint density at radius 2 is 1.83 bits per heavy atom. The summed E-state index contributed by atoms with van der Waals surface area (Å²) in [4.78, 5) is 8.19. The van der Waals surface area contributed by atoms with Crippen molar-refractivity contribution in [2.45, 2.75) is 10.9 Å². The molecule has 0 spiro atoms. The Morgan fingerprint density at radius 1 is 1.17 bits per heavy atom. The van der Waals surface area contributed by atoms with Gasteiger partial charge in [0.2, 0.25) is 0 Å². The maximum Gasteiger partial charge on any atom is 0.191 e. The van der Waals surface area contributed by atoms with E-state index in [1.807, 2.05) is 18.2 Å². The lowest BCUT2D eigenvalue weighted by Gasteiger charge is -2.05. The van der Waals surface area contributed by atoms with Gasteiger partial charge in [-0.1, -0.05) is 45.4 Å². The fourth-order valence-electron chi connectivity index (χ4n) is 1.31. The number of nitrogens with two attached hydrogens (primary N) is 2. The molecule has 7 heteroatoms. The van der Waals surface area contributed by atoms with Gasteiger partial charge >= 0.3 is 0 Å². The molecule has 2 rings (SSSR count). The highest BCUT2D eigenvalue weighted by Crippen LogP contribution is 2.27. The minimum atomic E-state index is 0.368. The van der Waals surface area contributed by atoms with Gasteiger partial charge in [0, 0.05) is 21.3 Å². The quantitative estimate of drug-likeness (QED) is 0.659. The molecule has 0 amide bonds. The van der Waals surface area contributed by atoms with Crippen molar-refractivity contribution in [1.82, 2.24) is 9.97 Å². The van der Waals surface area contributed by atoms with Crippen LogP contribution in [0.2, 0.25) is 5.02 Å². The molecule has 2 aromatic rings. The molecular weight excluding hydrogens is 336 g/mol. The van der Waals surface area contributed by atoms with Gasteiger partial charge in [0.15, 0.2) is 5.16 Å². The number of rotatable bonds is 3. The highest BCUT2D eigenvalue weighted by Gasteiger charge is 2.05. The lowest BCUT2D eigenvalue weighted by Crippen LogP contribution is -1.99. The minimum absolute atomic E-state index is 0.368. The van der Waals surface area contributed by atoms with Crippen LogP contribution in [0.3, 0.4) is 0 Å². The van der Waals surface area contributed by atoms with E-state index in [1.54, 1.807) is 0 Å². The van der Waals surface area contributed by atoms with E-state index in [-0.39, 0.29) is 0 Å². The summed E-state index contributed by atoms with van der Waals surface area (Å²) in [6, 6.07) is 7.27. The third kappa shape index (κ3) is 3.51. The van der Waals surface area contributed by atoms with Gasteiger partial charge in [-0.15, -0.1) is 0 Å². The first-order valence-electron chi connectivity index (χ1n) is 5.01. The molecule has 1 aromatic carbocycles. The van der Waals surface area contributed by atoms with Crippen molar-refractivity contribution in [2.24, 2.45) is 0 Å². The molecule has 4 N–H and O–H groups in total. The topological polar surface area (TPSA) is 77.8 Å². The Morgan fingerprint density at radius 3 is 2.44 bits per heavy atom. The molecule has 1 heterocycles. The van der Waals surface area contributed by atoms with Crippen LogP contribution in [0.4, 0.5) is 11.6 Å². The second kappa shape index (κ2) is 5.77. The van der Waals surface area contributed by atoms with E-state index in [9.17, 15) is 0 Å². The van der Waals surface area contributed by atoms with E-state index in [0.717, 1.165) is 10.0 Å². The van der Waals surface area contributed by atoms with E-state index < -0.39 is 0 Å². The first kappa shape index (κ1) is 13.5. The van der Waals surface area contributed by atoms with Crippen LogP contribution in [0, 0.1) is 0 Å². The van der Waals surface area contributed by atoms with E-state index >= 15 is 0 Å². The number of halogens is 2. The minimum Gasteiger partial charge on any atom is -0.383 e. The van der Waals surface area contributed by atoms with Crippen molar-refractivity contribution >= 4 is 50.9 Å². The number of nitrogens with zero attached hydrogens (tertiary/aromatic N) is 2. The summed E-state index contributed by atoms with van der Waals surface area (Å²) in [7, 11) is 0. The number of hydrogen-bond donors (Lipinski definition) is 2. The lowest BCUT2D eigenvalue weighted by molar-refractivity contribution is 0.984. The molecule has 1 aromatic heterocycles. The fraction of sp³-hybridized carbons (Fsp3) is 0.0909. The number of anilines is 2. The van der Waals surface area contributed by atoms with Crippen molar-refractivity contribution in [3.63, 3.8) is 0 Å². The van der Waals surface area contributed by atoms with Gasteiger partial charge in [0.05, 0.1) is 0 Å². The van der Waals surface area contributed by atoms with E-state index in [4.69, 9.17) is 23.1 Å². The van der Waals surface area contributed by atoms with Crippen LogP contribution in [0.25, 0.3) is 0 Å². The van der Waals surface area contributed by atoms with Gasteiger partial charge in [0.25, 0.3) is 0 Å². The Labute approximate surface area is 122 Å². The summed E-state index contributed by atoms with van der Waals surface area (Å²) in [5.74, 6) is 1.40. The third-order valence-electron chi connectivity index (χ3n) is 2.12. The summed E-state index contributed by atoms with van der Waals surface area (Å²) in [5.41, 5.74) is 12.2. The van der Waals surface area contributed by atoms with Crippen LogP contribution in [0.5, 0.6) is 0 Å². The highest BCUT2D eigenvalue weighted by molar-refractivity contribution is 9.10. The Kier molecular flexibility index (Phi) is 4.31. The van der Waals surface area contributed by atoms with Gasteiger partial charge in [-0.2, -0.15) is 0 Å². The second-order valence-corrected chi connectivity index (χ2v) is 5.79. The van der Waals surface area contributed by atoms with Crippen LogP contribution in [-0.4, -0.2) is 9.97 Å². The molecule has 0 aliphatic rings. The SMILES string of the molecule is Nc1cc(N)nc(SCc2ccc(Br)cc2Cl)n1. The number of hydrogen-bond acceptors (Lipinski definition) is 5. The van der Waals surface area contributed by atoms with E-state index in [0.29, 0.717) is 27.6 Å². The average molecular weight is 346 g/mol. The van der Waals surface area contributed by atoms with Gasteiger partial charge in [-0.25, -0.2) is 9.97 Å². The average Bonchev–Trinajstić information content (AvgIpc) is 2.26. The molecule has 0 radical (unpaired) electrons. The van der Waals surface area contributed by atoms with Gasteiger partial charge in [-0.3, -0.25) is 0 Å². The normalized spacial score (nSPS) is 10.6. The molecule has 0 unspecified atom stereocenters. The Balaban J connectivity index is 2.11. The monoisotopic (exact) mass is 344 g/mol. The molecule has 4 nitrogen and oxygen atoms in total. The predicted octanol–water partition coefficient (Wildman–Crippen LogP) is 3.35. The molecular formula is C11H10BrClN4S. The number of benzene rings is 1. The van der Waals surface area contributed by atoms with Crippen molar-refractivity contribution in [3.8, 4) is 0 Å². The zero-order chi connectivity index (χ0) is 13.1. The Bertz CT molecular complexity index is 559. The maximum atomic E-state index is 6.12. The molecule has 0 aliphatic carbocycles. The first-order valence-corrected chi connectivity index (χ1v) is 7.17. The summed E-state index contributed by atoms with van der Waals surface area (Å²) in [5, 5.41) is 1.25. The largest absolute Gasteiger partial charge is 0.383 e. The van der Waals surface area contributed by atoms with Crippen LogP contribution >= 0.6 is 39.3 Å². The van der Waals surface area contributed by atoms with Crippen molar-refractivity contribution in [3.05, 3.63) is 39.3 Å². The lowest BCUT2D eigenvalue weighted by atomic mass is 10.2. The predicted molar refractivity (Wildman–Crippen MR) is 79.6 cm³/mol. The molecule has 18 heavy (non-hydrogen) atoms. The van der Waals surface area contributed by atoms with E-state index in [1.165, 1.54) is 17.8 Å². The van der Waals surface area contributed by atoms with Gasteiger partial charge in [0.1, 0.15) is 11.6 Å². The smallest absolute Gasteiger partial charge is 0.191 e. The summed E-state index contributed by atoms with van der Waals surface area (Å²) < 4.78 is 0.950. The maximum absolute atomic E-state index is 6.12. The standard InChI is InChI=1S/C11H10BrClN4S/c12-7-2-1-6(8(13)3-7)5-18-11-16-9(14)4-10(15)17-11/h1-4H,5H2,(H4,14,15,16,17). The number of aromatic nitrogens is 2. The second-order valence-electron chi connectivity index (χ2n) is 3.52. The summed E-state index contributed by atoms with van der Waals surface area (Å²) in [6.45, 7) is 0. The molecule has 0 atom stereocenters. The van der Waals surface area contributed by atoms with Crippen molar-refractivity contribution in [2.75, 3.05) is 11.5 Å². The zero-order valence-corrected chi connectivity index (χ0v) is 12.4. The summed E-state index contributed by atoms with van der Waals surface area (Å²) >= 11 is 10.9. The van der Waals surface area contributed by atoms with Gasteiger partial charge in [-0.05, 0) is 17.7 Å². The first-order chi connectivity index (χ1) is 8.54. The molecule has 94 valence electrons. The highest BCUT2D eigenvalue weighted by atomic mass is 79.9. The van der Waals surface area contributed by atoms with Crippen LogP contribution in [-0.2, 0) is 5.75 Å². The molecule has 0 saturated heterocycles. The third-order valence-corrected chi connectivity index (χ3v) is 3.86. The molecule has 0 aliphatic heterocycles. The fourth-order valence-corrected chi connectivity index (χ4v) is 3.00. The number of thioether (sulfide) groups is 1. The van der Waals surface area contributed by atoms with E-state index in [2.05, 4.69) is 25.9 Å². The molecule has 0 fully saturated rings. The Hall–Kier alpha value is -0.980. The number of nitrogen functional groups attached to an aromatic ring is 2.